The summed E-state index contributed by atoms with van der Waals surface area (Å²) in [6, 6.07) is 2.00. The van der Waals surface area contributed by atoms with Crippen LogP contribution in [0.4, 0.5) is 0 Å². The summed E-state index contributed by atoms with van der Waals surface area (Å²) in [6.45, 7) is 10.6. The van der Waals surface area contributed by atoms with Gasteiger partial charge in [0.05, 0.1) is 12.1 Å². The maximum absolute atomic E-state index is 12.1. The fourth-order valence-corrected chi connectivity index (χ4v) is 2.01. The molecule has 0 aromatic carbocycles. The highest BCUT2D eigenvalue weighted by Gasteiger charge is 2.21. The predicted octanol–water partition coefficient (Wildman–Crippen LogP) is 2.55. The molecule has 0 aliphatic carbocycles. The van der Waals surface area contributed by atoms with E-state index in [9.17, 15) is 4.79 Å². The van der Waals surface area contributed by atoms with Crippen LogP contribution in [-0.2, 0) is 4.79 Å². The molecule has 0 spiro atoms. The Labute approximate surface area is 118 Å². The first-order chi connectivity index (χ1) is 9.02. The molecule has 0 radical (unpaired) electrons. The number of unbranched alkanes of at least 4 members (excludes halogenated alkanes) is 2. The Hall–Kier alpha value is -1.08. The Balaban J connectivity index is 4.22. The Bertz CT molecular complexity index is 284. The van der Waals surface area contributed by atoms with Crippen molar-refractivity contribution in [1.29, 1.82) is 5.26 Å². The van der Waals surface area contributed by atoms with Gasteiger partial charge in [0.15, 0.2) is 0 Å². The van der Waals surface area contributed by atoms with E-state index in [4.69, 9.17) is 5.26 Å². The average molecular weight is 267 g/mol. The van der Waals surface area contributed by atoms with Crippen LogP contribution in [0.5, 0.6) is 0 Å². The number of carbonyl (C=O) groups is 1. The van der Waals surface area contributed by atoms with E-state index in [0.29, 0.717) is 18.9 Å². The second-order valence-electron chi connectivity index (χ2n) is 5.47. The number of nitrogens with zero attached hydrogens (tertiary/aromatic N) is 2. The van der Waals surface area contributed by atoms with E-state index in [1.165, 1.54) is 0 Å². The van der Waals surface area contributed by atoms with Crippen molar-refractivity contribution < 1.29 is 4.79 Å². The fourth-order valence-electron chi connectivity index (χ4n) is 2.01. The number of nitrogens with one attached hydrogen (secondary N) is 1. The van der Waals surface area contributed by atoms with Crippen LogP contribution in [0.25, 0.3) is 0 Å². The molecule has 1 atom stereocenters. The molecular formula is C15H29N3O. The van der Waals surface area contributed by atoms with E-state index in [1.807, 2.05) is 6.92 Å². The summed E-state index contributed by atoms with van der Waals surface area (Å²) in [5.41, 5.74) is 0. The molecule has 4 nitrogen and oxygen atoms in total. The lowest BCUT2D eigenvalue weighted by Gasteiger charge is -2.29. The molecule has 4 heteroatoms. The van der Waals surface area contributed by atoms with Crippen LogP contribution in [-0.4, -0.2) is 36.5 Å². The fraction of sp³-hybridized carbons (Fsp3) is 0.867. The highest BCUT2D eigenvalue weighted by atomic mass is 16.2. The normalized spacial score (nSPS) is 12.5. The van der Waals surface area contributed by atoms with Crippen molar-refractivity contribution in [3.8, 4) is 6.07 Å². The monoisotopic (exact) mass is 267 g/mol. The predicted molar refractivity (Wildman–Crippen MR) is 78.6 cm³/mol. The molecular weight excluding hydrogens is 238 g/mol. The zero-order chi connectivity index (χ0) is 14.7. The largest absolute Gasteiger partial charge is 0.355 e. The van der Waals surface area contributed by atoms with E-state index >= 15 is 0 Å². The van der Waals surface area contributed by atoms with Gasteiger partial charge in [-0.3, -0.25) is 9.69 Å². The Morgan fingerprint density at radius 3 is 2.53 bits per heavy atom. The maximum Gasteiger partial charge on any atom is 0.237 e. The Morgan fingerprint density at radius 1 is 1.32 bits per heavy atom. The van der Waals surface area contributed by atoms with Crippen molar-refractivity contribution in [3.05, 3.63) is 0 Å². The third-order valence-electron chi connectivity index (χ3n) is 3.12. The number of amides is 1. The molecule has 0 aliphatic heterocycles. The van der Waals surface area contributed by atoms with Crippen LogP contribution < -0.4 is 5.32 Å². The summed E-state index contributed by atoms with van der Waals surface area (Å²) in [5, 5.41) is 11.7. The maximum atomic E-state index is 12.1. The van der Waals surface area contributed by atoms with Gasteiger partial charge in [0, 0.05) is 26.1 Å². The van der Waals surface area contributed by atoms with Gasteiger partial charge in [-0.05, 0) is 19.3 Å². The Kier molecular flexibility index (Phi) is 10.2. The number of hydrogen-bond donors (Lipinski definition) is 1. The van der Waals surface area contributed by atoms with Crippen LogP contribution in [0, 0.1) is 17.2 Å². The molecule has 1 N–H and O–H groups in total. The van der Waals surface area contributed by atoms with Crippen molar-refractivity contribution in [2.75, 3.05) is 19.6 Å². The molecule has 0 aromatic rings. The molecule has 0 rings (SSSR count). The average Bonchev–Trinajstić information content (AvgIpc) is 2.38. The summed E-state index contributed by atoms with van der Waals surface area (Å²) in [5.74, 6) is 0.573. The van der Waals surface area contributed by atoms with Gasteiger partial charge >= 0.3 is 0 Å². The van der Waals surface area contributed by atoms with Gasteiger partial charge < -0.3 is 5.32 Å². The van der Waals surface area contributed by atoms with Gasteiger partial charge in [-0.1, -0.05) is 33.6 Å². The SMILES string of the molecule is CCCCCNC(=O)C(C)N(CCC#N)CC(C)C. The highest BCUT2D eigenvalue weighted by molar-refractivity contribution is 5.81. The molecule has 1 unspecified atom stereocenters. The lowest BCUT2D eigenvalue weighted by molar-refractivity contribution is -0.126. The van der Waals surface area contributed by atoms with Crippen molar-refractivity contribution in [1.82, 2.24) is 10.2 Å². The van der Waals surface area contributed by atoms with Gasteiger partial charge in [0.1, 0.15) is 0 Å². The molecule has 1 amide bonds. The van der Waals surface area contributed by atoms with Crippen molar-refractivity contribution in [3.63, 3.8) is 0 Å². The smallest absolute Gasteiger partial charge is 0.237 e. The van der Waals surface area contributed by atoms with E-state index in [2.05, 4.69) is 37.1 Å². The molecule has 0 bridgehead atoms. The van der Waals surface area contributed by atoms with Crippen LogP contribution in [0.15, 0.2) is 0 Å². The molecule has 0 saturated heterocycles. The van der Waals surface area contributed by atoms with E-state index in [0.717, 1.165) is 32.4 Å². The van der Waals surface area contributed by atoms with Gasteiger partial charge in [0.2, 0.25) is 5.91 Å². The second-order valence-corrected chi connectivity index (χ2v) is 5.47. The molecule has 0 fully saturated rings. The topological polar surface area (TPSA) is 56.1 Å². The molecule has 0 aliphatic rings. The summed E-state index contributed by atoms with van der Waals surface area (Å²) in [6.07, 6.45) is 3.82. The molecule has 0 heterocycles. The first-order valence-electron chi connectivity index (χ1n) is 7.41. The summed E-state index contributed by atoms with van der Waals surface area (Å²) >= 11 is 0. The van der Waals surface area contributed by atoms with Crippen LogP contribution in [0.1, 0.15) is 53.4 Å². The minimum absolute atomic E-state index is 0.0784. The third-order valence-corrected chi connectivity index (χ3v) is 3.12. The minimum atomic E-state index is -0.155. The minimum Gasteiger partial charge on any atom is -0.355 e. The first-order valence-corrected chi connectivity index (χ1v) is 7.41. The van der Waals surface area contributed by atoms with Crippen LogP contribution in [0.3, 0.4) is 0 Å². The van der Waals surface area contributed by atoms with Crippen LogP contribution in [0.2, 0.25) is 0 Å². The quantitative estimate of drug-likeness (QED) is 0.619. The number of nitriles is 1. The third kappa shape index (κ3) is 8.61. The lowest BCUT2D eigenvalue weighted by atomic mass is 10.1. The standard InChI is InChI=1S/C15H29N3O/c1-5-6-7-10-17-15(19)14(4)18(11-8-9-16)12-13(2)3/h13-14H,5-8,10-12H2,1-4H3,(H,17,19). The first kappa shape index (κ1) is 17.9. The van der Waals surface area contributed by atoms with Gasteiger partial charge in [-0.25, -0.2) is 0 Å². The van der Waals surface area contributed by atoms with Crippen LogP contribution >= 0.6 is 0 Å². The number of carbonyl (C=O) groups excluding carboxylic acids is 1. The molecule has 0 saturated carbocycles. The lowest BCUT2D eigenvalue weighted by Crippen LogP contribution is -2.47. The van der Waals surface area contributed by atoms with Gasteiger partial charge in [-0.2, -0.15) is 5.26 Å². The Morgan fingerprint density at radius 2 is 2.00 bits per heavy atom. The second kappa shape index (κ2) is 10.8. The van der Waals surface area contributed by atoms with Crippen molar-refractivity contribution >= 4 is 5.91 Å². The van der Waals surface area contributed by atoms with E-state index in [-0.39, 0.29) is 11.9 Å². The zero-order valence-corrected chi connectivity index (χ0v) is 12.9. The zero-order valence-electron chi connectivity index (χ0n) is 12.9. The van der Waals surface area contributed by atoms with Gasteiger partial charge in [-0.15, -0.1) is 0 Å². The summed E-state index contributed by atoms with van der Waals surface area (Å²) in [7, 11) is 0. The molecule has 19 heavy (non-hydrogen) atoms. The van der Waals surface area contributed by atoms with Crippen molar-refractivity contribution in [2.24, 2.45) is 5.92 Å². The molecule has 110 valence electrons. The highest BCUT2D eigenvalue weighted by Crippen LogP contribution is 2.06. The number of rotatable bonds is 10. The van der Waals surface area contributed by atoms with Crippen molar-refractivity contribution in [2.45, 2.75) is 59.4 Å². The van der Waals surface area contributed by atoms with E-state index < -0.39 is 0 Å². The summed E-state index contributed by atoms with van der Waals surface area (Å²) in [4.78, 5) is 14.2. The van der Waals surface area contributed by atoms with E-state index in [1.54, 1.807) is 0 Å². The summed E-state index contributed by atoms with van der Waals surface area (Å²) < 4.78 is 0. The molecule has 0 aromatic heterocycles. The van der Waals surface area contributed by atoms with Gasteiger partial charge in [0.25, 0.3) is 0 Å². The number of hydrogen-bond acceptors (Lipinski definition) is 3.